The smallest absolute Gasteiger partial charge is 0.140 e. The first-order valence-corrected chi connectivity index (χ1v) is 11.2. The third kappa shape index (κ3) is 4.46. The van der Waals surface area contributed by atoms with Gasteiger partial charge in [0.2, 0.25) is 0 Å². The van der Waals surface area contributed by atoms with E-state index in [0.717, 1.165) is 38.8 Å². The molecule has 0 bridgehead atoms. The van der Waals surface area contributed by atoms with Crippen LogP contribution in [0.15, 0.2) is 91.5 Å². The van der Waals surface area contributed by atoms with Crippen LogP contribution >= 0.6 is 0 Å². The maximum Gasteiger partial charge on any atom is 0.140 e. The Labute approximate surface area is 204 Å². The minimum absolute atomic E-state index is 0.388. The van der Waals surface area contributed by atoms with E-state index in [1.54, 1.807) is 12.5 Å². The zero-order valence-electron chi connectivity index (χ0n) is 19.3. The average Bonchev–Trinajstić information content (AvgIpc) is 3.31. The topological polar surface area (TPSA) is 81.5 Å². The molecule has 0 spiro atoms. The molecule has 2 aromatic heterocycles. The van der Waals surface area contributed by atoms with Gasteiger partial charge in [-0.05, 0) is 52.2 Å². The summed E-state index contributed by atoms with van der Waals surface area (Å²) in [6, 6.07) is 28.6. The maximum atomic E-state index is 9.91. The van der Waals surface area contributed by atoms with Crippen LogP contribution < -0.4 is 4.90 Å². The standard InChI is InChI=1S/C29H22N6/c1-34-20-32-17-26(34)19-35(18-21-11-12-33-24(13-21)16-31)25-10-9-23(15-30)29(14-25)28-8-4-6-22-5-2-3-7-27(22)28/h2-14,17,20H,18-19H2,1H3. The van der Waals surface area contributed by atoms with E-state index in [2.05, 4.69) is 57.3 Å². The molecular formula is C29H22N6. The number of pyridine rings is 1. The van der Waals surface area contributed by atoms with Crippen LogP contribution in [0.2, 0.25) is 0 Å². The number of aromatic nitrogens is 3. The van der Waals surface area contributed by atoms with E-state index in [0.29, 0.717) is 24.3 Å². The largest absolute Gasteiger partial charge is 0.361 e. The lowest BCUT2D eigenvalue weighted by atomic mass is 9.94. The minimum Gasteiger partial charge on any atom is -0.361 e. The predicted molar refractivity (Wildman–Crippen MR) is 136 cm³/mol. The summed E-state index contributed by atoms with van der Waals surface area (Å²) in [7, 11) is 1.97. The van der Waals surface area contributed by atoms with E-state index in [1.165, 1.54) is 0 Å². The minimum atomic E-state index is 0.388. The van der Waals surface area contributed by atoms with E-state index in [9.17, 15) is 10.5 Å². The second-order valence-corrected chi connectivity index (χ2v) is 8.38. The first kappa shape index (κ1) is 21.9. The number of fused-ring (bicyclic) bond motifs is 1. The van der Waals surface area contributed by atoms with Crippen LogP contribution in [0, 0.1) is 22.7 Å². The van der Waals surface area contributed by atoms with Gasteiger partial charge in [0.05, 0.1) is 30.2 Å². The number of imidazole rings is 1. The number of anilines is 1. The van der Waals surface area contributed by atoms with Gasteiger partial charge in [0.15, 0.2) is 0 Å². The Balaban J connectivity index is 1.62. The van der Waals surface area contributed by atoms with Crippen molar-refractivity contribution in [1.29, 1.82) is 10.5 Å². The lowest BCUT2D eigenvalue weighted by Crippen LogP contribution is -2.23. The van der Waals surface area contributed by atoms with E-state index < -0.39 is 0 Å². The highest BCUT2D eigenvalue weighted by atomic mass is 15.2. The zero-order chi connectivity index (χ0) is 24.2. The summed E-state index contributed by atoms with van der Waals surface area (Å²) in [5.74, 6) is 0. The molecule has 0 saturated heterocycles. The Hall–Kier alpha value is -4.94. The molecule has 0 aliphatic carbocycles. The first-order valence-electron chi connectivity index (χ1n) is 11.2. The number of nitrogens with zero attached hydrogens (tertiary/aromatic N) is 6. The second kappa shape index (κ2) is 9.51. The molecule has 0 aliphatic rings. The summed E-state index contributed by atoms with van der Waals surface area (Å²) in [5.41, 5.74) is 5.94. The molecule has 0 saturated carbocycles. The molecule has 5 aromatic rings. The third-order valence-corrected chi connectivity index (χ3v) is 6.15. The molecule has 0 radical (unpaired) electrons. The molecule has 3 aromatic carbocycles. The van der Waals surface area contributed by atoms with Crippen LogP contribution in [0.25, 0.3) is 21.9 Å². The predicted octanol–water partition coefficient (Wildman–Crippen LogP) is 5.59. The van der Waals surface area contributed by atoms with Crippen LogP contribution in [0.1, 0.15) is 22.5 Å². The molecule has 168 valence electrons. The van der Waals surface area contributed by atoms with Crippen LogP contribution in [0.5, 0.6) is 0 Å². The fraction of sp³-hybridized carbons (Fsp3) is 0.103. The van der Waals surface area contributed by atoms with Crippen molar-refractivity contribution in [2.45, 2.75) is 13.1 Å². The van der Waals surface area contributed by atoms with E-state index >= 15 is 0 Å². The van der Waals surface area contributed by atoms with Crippen molar-refractivity contribution in [3.8, 4) is 23.3 Å². The summed E-state index contributed by atoms with van der Waals surface area (Å²) in [6.45, 7) is 1.19. The van der Waals surface area contributed by atoms with Crippen LogP contribution in [-0.2, 0) is 20.1 Å². The number of benzene rings is 3. The number of nitriles is 2. The third-order valence-electron chi connectivity index (χ3n) is 6.15. The molecule has 0 N–H and O–H groups in total. The van der Waals surface area contributed by atoms with Crippen LogP contribution in [0.3, 0.4) is 0 Å². The van der Waals surface area contributed by atoms with Crippen molar-refractivity contribution in [2.24, 2.45) is 7.05 Å². The average molecular weight is 455 g/mol. The van der Waals surface area contributed by atoms with Gasteiger partial charge in [-0.2, -0.15) is 10.5 Å². The van der Waals surface area contributed by atoms with Crippen molar-refractivity contribution in [3.63, 3.8) is 0 Å². The van der Waals surface area contributed by atoms with Crippen molar-refractivity contribution in [1.82, 2.24) is 14.5 Å². The SMILES string of the molecule is Cn1cncc1CN(Cc1ccnc(C#N)c1)c1ccc(C#N)c(-c2cccc3ccccc23)c1. The zero-order valence-corrected chi connectivity index (χ0v) is 19.3. The highest BCUT2D eigenvalue weighted by Gasteiger charge is 2.16. The number of rotatable bonds is 6. The summed E-state index contributed by atoms with van der Waals surface area (Å²) in [4.78, 5) is 10.6. The Morgan fingerprint density at radius 1 is 0.886 bits per heavy atom. The lowest BCUT2D eigenvalue weighted by Gasteiger charge is -2.26. The first-order chi connectivity index (χ1) is 17.2. The molecule has 2 heterocycles. The van der Waals surface area contributed by atoms with E-state index in [1.807, 2.05) is 60.3 Å². The molecule has 0 unspecified atom stereocenters. The van der Waals surface area contributed by atoms with Gasteiger partial charge in [0, 0.05) is 37.2 Å². The van der Waals surface area contributed by atoms with Gasteiger partial charge in [-0.3, -0.25) is 0 Å². The van der Waals surface area contributed by atoms with Gasteiger partial charge in [-0.25, -0.2) is 9.97 Å². The number of hydrogen-bond donors (Lipinski definition) is 0. The van der Waals surface area contributed by atoms with Gasteiger partial charge in [-0.15, -0.1) is 0 Å². The van der Waals surface area contributed by atoms with Crippen LogP contribution in [0.4, 0.5) is 5.69 Å². The second-order valence-electron chi connectivity index (χ2n) is 8.38. The maximum absolute atomic E-state index is 9.91. The van der Waals surface area contributed by atoms with Gasteiger partial charge in [0.25, 0.3) is 0 Å². The van der Waals surface area contributed by atoms with Crippen molar-refractivity contribution in [2.75, 3.05) is 4.90 Å². The highest BCUT2D eigenvalue weighted by molar-refractivity contribution is 5.98. The van der Waals surface area contributed by atoms with E-state index in [4.69, 9.17) is 0 Å². The monoisotopic (exact) mass is 454 g/mol. The summed E-state index contributed by atoms with van der Waals surface area (Å²) < 4.78 is 2.00. The van der Waals surface area contributed by atoms with Gasteiger partial charge in [-0.1, -0.05) is 42.5 Å². The Morgan fingerprint density at radius 3 is 2.54 bits per heavy atom. The summed E-state index contributed by atoms with van der Waals surface area (Å²) in [6.07, 6.45) is 5.31. The normalized spacial score (nSPS) is 10.6. The van der Waals surface area contributed by atoms with Crippen molar-refractivity contribution < 1.29 is 0 Å². The Bertz CT molecular complexity index is 1600. The van der Waals surface area contributed by atoms with Crippen LogP contribution in [-0.4, -0.2) is 14.5 Å². The molecule has 35 heavy (non-hydrogen) atoms. The molecular weight excluding hydrogens is 432 g/mol. The van der Waals surface area contributed by atoms with Gasteiger partial charge in [0.1, 0.15) is 11.8 Å². The van der Waals surface area contributed by atoms with Gasteiger partial charge < -0.3 is 9.47 Å². The fourth-order valence-electron chi connectivity index (χ4n) is 4.33. The summed E-state index contributed by atoms with van der Waals surface area (Å²) >= 11 is 0. The van der Waals surface area contributed by atoms with Crippen molar-refractivity contribution >= 4 is 16.5 Å². The molecule has 5 rings (SSSR count). The van der Waals surface area contributed by atoms with E-state index in [-0.39, 0.29) is 0 Å². The number of hydrogen-bond acceptors (Lipinski definition) is 5. The molecule has 6 heteroatoms. The molecule has 0 fully saturated rings. The lowest BCUT2D eigenvalue weighted by molar-refractivity contribution is 0.735. The Kier molecular flexibility index (Phi) is 5.94. The number of aryl methyl sites for hydroxylation is 1. The molecule has 0 amide bonds. The molecule has 0 aliphatic heterocycles. The highest BCUT2D eigenvalue weighted by Crippen LogP contribution is 2.34. The Morgan fingerprint density at radius 2 is 1.74 bits per heavy atom. The summed E-state index contributed by atoms with van der Waals surface area (Å²) in [5, 5.41) is 21.4. The fourth-order valence-corrected chi connectivity index (χ4v) is 4.33. The molecule has 0 atom stereocenters. The molecule has 6 nitrogen and oxygen atoms in total. The van der Waals surface area contributed by atoms with Crippen molar-refractivity contribution in [3.05, 3.63) is 114 Å². The quantitative estimate of drug-likeness (QED) is 0.334. The van der Waals surface area contributed by atoms with Gasteiger partial charge >= 0.3 is 0 Å².